The number of hydrogen-bond donors (Lipinski definition) is 1. The standard InChI is InChI=1S/C15H20FN3O3/c1-10(15-11(16)5-4-6-12(15)21-3)17-9-13-18-14(22-19-13)7-8-20-2/h4-6,10,17H,7-9H2,1-3H3. The first-order chi connectivity index (χ1) is 10.7. The number of halogens is 1. The van der Waals surface area contributed by atoms with Crippen LogP contribution in [0.15, 0.2) is 22.7 Å². The highest BCUT2D eigenvalue weighted by Gasteiger charge is 2.17. The second-order valence-corrected chi connectivity index (χ2v) is 4.81. The van der Waals surface area contributed by atoms with Crippen molar-refractivity contribution in [3.63, 3.8) is 0 Å². The van der Waals surface area contributed by atoms with E-state index in [0.717, 1.165) is 0 Å². The average Bonchev–Trinajstić information content (AvgIpc) is 2.98. The molecule has 2 rings (SSSR count). The summed E-state index contributed by atoms with van der Waals surface area (Å²) >= 11 is 0. The molecule has 1 N–H and O–H groups in total. The van der Waals surface area contributed by atoms with E-state index >= 15 is 0 Å². The van der Waals surface area contributed by atoms with Crippen molar-refractivity contribution in [1.29, 1.82) is 0 Å². The lowest BCUT2D eigenvalue weighted by molar-refractivity contribution is 0.192. The van der Waals surface area contributed by atoms with Crippen molar-refractivity contribution in [2.24, 2.45) is 0 Å². The van der Waals surface area contributed by atoms with Crippen LogP contribution in [0.5, 0.6) is 5.75 Å². The van der Waals surface area contributed by atoms with Gasteiger partial charge in [0.1, 0.15) is 11.6 Å². The van der Waals surface area contributed by atoms with Crippen molar-refractivity contribution in [1.82, 2.24) is 15.5 Å². The molecular formula is C15H20FN3O3. The van der Waals surface area contributed by atoms with Crippen molar-refractivity contribution in [3.05, 3.63) is 41.3 Å². The molecule has 1 atom stereocenters. The van der Waals surface area contributed by atoms with Crippen LogP contribution in [-0.4, -0.2) is 31.0 Å². The number of rotatable bonds is 8. The van der Waals surface area contributed by atoms with Crippen LogP contribution in [0, 0.1) is 5.82 Å². The molecule has 120 valence electrons. The van der Waals surface area contributed by atoms with Gasteiger partial charge >= 0.3 is 0 Å². The van der Waals surface area contributed by atoms with Crippen LogP contribution >= 0.6 is 0 Å². The van der Waals surface area contributed by atoms with E-state index < -0.39 is 0 Å². The van der Waals surface area contributed by atoms with Gasteiger partial charge in [0.15, 0.2) is 5.82 Å². The second kappa shape index (κ2) is 7.86. The maximum Gasteiger partial charge on any atom is 0.229 e. The molecule has 2 aromatic rings. The van der Waals surface area contributed by atoms with E-state index in [-0.39, 0.29) is 11.9 Å². The van der Waals surface area contributed by atoms with Gasteiger partial charge in [0.25, 0.3) is 0 Å². The van der Waals surface area contributed by atoms with Gasteiger partial charge in [-0.15, -0.1) is 0 Å². The van der Waals surface area contributed by atoms with E-state index in [0.29, 0.717) is 42.6 Å². The van der Waals surface area contributed by atoms with Crippen LogP contribution in [0.3, 0.4) is 0 Å². The van der Waals surface area contributed by atoms with Crippen molar-refractivity contribution < 1.29 is 18.4 Å². The second-order valence-electron chi connectivity index (χ2n) is 4.81. The van der Waals surface area contributed by atoms with Gasteiger partial charge in [0.05, 0.1) is 26.7 Å². The Balaban J connectivity index is 1.98. The van der Waals surface area contributed by atoms with Crippen LogP contribution in [0.2, 0.25) is 0 Å². The predicted molar refractivity (Wildman–Crippen MR) is 78.1 cm³/mol. The summed E-state index contributed by atoms with van der Waals surface area (Å²) in [4.78, 5) is 4.23. The van der Waals surface area contributed by atoms with Gasteiger partial charge in [-0.1, -0.05) is 11.2 Å². The summed E-state index contributed by atoms with van der Waals surface area (Å²) < 4.78 is 29.2. The van der Waals surface area contributed by atoms with Crippen molar-refractivity contribution >= 4 is 0 Å². The molecule has 0 aliphatic heterocycles. The molecule has 0 radical (unpaired) electrons. The summed E-state index contributed by atoms with van der Waals surface area (Å²) in [5.41, 5.74) is 0.480. The molecule has 6 nitrogen and oxygen atoms in total. The van der Waals surface area contributed by atoms with Crippen molar-refractivity contribution in [2.45, 2.75) is 25.9 Å². The molecule has 0 amide bonds. The van der Waals surface area contributed by atoms with Gasteiger partial charge in [-0.2, -0.15) is 4.98 Å². The van der Waals surface area contributed by atoms with E-state index in [2.05, 4.69) is 15.5 Å². The molecule has 0 saturated carbocycles. The highest BCUT2D eigenvalue weighted by Crippen LogP contribution is 2.27. The summed E-state index contributed by atoms with van der Waals surface area (Å²) in [6.07, 6.45) is 0.570. The molecule has 0 aliphatic carbocycles. The SMILES string of the molecule is COCCc1nc(CNC(C)c2c(F)cccc2OC)no1. The fourth-order valence-electron chi connectivity index (χ4n) is 2.11. The highest BCUT2D eigenvalue weighted by atomic mass is 19.1. The van der Waals surface area contributed by atoms with Gasteiger partial charge in [-0.05, 0) is 19.1 Å². The molecule has 0 spiro atoms. The summed E-state index contributed by atoms with van der Waals surface area (Å²) in [7, 11) is 3.13. The molecule has 1 aromatic carbocycles. The van der Waals surface area contributed by atoms with E-state index in [1.165, 1.54) is 13.2 Å². The first-order valence-corrected chi connectivity index (χ1v) is 7.02. The Kier molecular flexibility index (Phi) is 5.85. The lowest BCUT2D eigenvalue weighted by Crippen LogP contribution is -2.20. The Hall–Kier alpha value is -1.99. The summed E-state index contributed by atoms with van der Waals surface area (Å²) in [6, 6.07) is 4.50. The zero-order valence-corrected chi connectivity index (χ0v) is 12.9. The maximum absolute atomic E-state index is 14.0. The van der Waals surface area contributed by atoms with Gasteiger partial charge in [-0.3, -0.25) is 0 Å². The molecule has 1 aromatic heterocycles. The van der Waals surface area contributed by atoms with Crippen LogP contribution in [-0.2, 0) is 17.7 Å². The fraction of sp³-hybridized carbons (Fsp3) is 0.467. The number of methoxy groups -OCH3 is 2. The zero-order valence-electron chi connectivity index (χ0n) is 12.9. The number of nitrogens with one attached hydrogen (secondary N) is 1. The largest absolute Gasteiger partial charge is 0.496 e. The third kappa shape index (κ3) is 4.02. The third-order valence-corrected chi connectivity index (χ3v) is 3.26. The molecule has 7 heteroatoms. The molecule has 22 heavy (non-hydrogen) atoms. The minimum absolute atomic E-state index is 0.253. The van der Waals surface area contributed by atoms with Gasteiger partial charge in [0, 0.05) is 18.7 Å². The first kappa shape index (κ1) is 16.4. The van der Waals surface area contributed by atoms with Gasteiger partial charge in [0.2, 0.25) is 5.89 Å². The molecule has 0 fully saturated rings. The Morgan fingerprint density at radius 3 is 2.91 bits per heavy atom. The highest BCUT2D eigenvalue weighted by molar-refractivity contribution is 5.36. The van der Waals surface area contributed by atoms with Crippen LogP contribution in [0.25, 0.3) is 0 Å². The number of ether oxygens (including phenoxy) is 2. The van der Waals surface area contributed by atoms with Crippen LogP contribution in [0.4, 0.5) is 4.39 Å². The Bertz CT molecular complexity index is 603. The average molecular weight is 309 g/mol. The maximum atomic E-state index is 14.0. The summed E-state index contributed by atoms with van der Waals surface area (Å²) in [5.74, 6) is 1.24. The molecule has 1 heterocycles. The molecule has 0 aliphatic rings. The minimum Gasteiger partial charge on any atom is -0.496 e. The van der Waals surface area contributed by atoms with Gasteiger partial charge in [-0.25, -0.2) is 4.39 Å². The number of hydrogen-bond acceptors (Lipinski definition) is 6. The number of aromatic nitrogens is 2. The van der Waals surface area contributed by atoms with Crippen molar-refractivity contribution in [3.8, 4) is 5.75 Å². The Morgan fingerprint density at radius 2 is 2.18 bits per heavy atom. The van der Waals surface area contributed by atoms with Crippen LogP contribution in [0.1, 0.15) is 30.2 Å². The molecule has 0 saturated heterocycles. The molecule has 0 bridgehead atoms. The predicted octanol–water partition coefficient (Wildman–Crippen LogP) is 2.26. The lowest BCUT2D eigenvalue weighted by atomic mass is 10.1. The van der Waals surface area contributed by atoms with Gasteiger partial charge < -0.3 is 19.3 Å². The topological polar surface area (TPSA) is 69.4 Å². The normalized spacial score (nSPS) is 12.4. The number of benzene rings is 1. The molecule has 1 unspecified atom stereocenters. The van der Waals surface area contributed by atoms with E-state index in [1.807, 2.05) is 6.92 Å². The van der Waals surface area contributed by atoms with E-state index in [1.54, 1.807) is 19.2 Å². The minimum atomic E-state index is -0.312. The quantitative estimate of drug-likeness (QED) is 0.806. The van der Waals surface area contributed by atoms with Crippen LogP contribution < -0.4 is 10.1 Å². The van der Waals surface area contributed by atoms with E-state index in [9.17, 15) is 4.39 Å². The van der Waals surface area contributed by atoms with Crippen molar-refractivity contribution in [2.75, 3.05) is 20.8 Å². The third-order valence-electron chi connectivity index (χ3n) is 3.26. The molecular weight excluding hydrogens is 289 g/mol. The summed E-state index contributed by atoms with van der Waals surface area (Å²) in [6.45, 7) is 2.75. The smallest absolute Gasteiger partial charge is 0.229 e. The fourth-order valence-corrected chi connectivity index (χ4v) is 2.11. The monoisotopic (exact) mass is 309 g/mol. The lowest BCUT2D eigenvalue weighted by Gasteiger charge is -2.17. The zero-order chi connectivity index (χ0) is 15.9. The first-order valence-electron chi connectivity index (χ1n) is 7.02. The summed E-state index contributed by atoms with van der Waals surface area (Å²) in [5, 5.41) is 7.03. The Morgan fingerprint density at radius 1 is 1.36 bits per heavy atom. The Labute approximate surface area is 128 Å². The number of nitrogens with zero attached hydrogens (tertiary/aromatic N) is 2. The van der Waals surface area contributed by atoms with E-state index in [4.69, 9.17) is 14.0 Å².